The van der Waals surface area contributed by atoms with Crippen molar-refractivity contribution in [3.05, 3.63) is 57.6 Å². The van der Waals surface area contributed by atoms with Crippen LogP contribution in [-0.2, 0) is 13.6 Å². The van der Waals surface area contributed by atoms with Gasteiger partial charge < -0.3 is 9.47 Å². The van der Waals surface area contributed by atoms with E-state index in [1.165, 1.54) is 38.5 Å². The maximum absolute atomic E-state index is 12.1. The Kier molecular flexibility index (Phi) is 8.35. The molecule has 10 heteroatoms. The van der Waals surface area contributed by atoms with Crippen molar-refractivity contribution in [2.45, 2.75) is 0 Å². The normalized spacial score (nSPS) is 10.4. The van der Waals surface area contributed by atoms with Gasteiger partial charge >= 0.3 is 8.25 Å². The van der Waals surface area contributed by atoms with Crippen molar-refractivity contribution >= 4 is 43.0 Å². The second kappa shape index (κ2) is 10.5. The van der Waals surface area contributed by atoms with Gasteiger partial charge in [0.05, 0.1) is 24.3 Å². The molecule has 0 saturated heterocycles. The first-order chi connectivity index (χ1) is 13.3. The summed E-state index contributed by atoms with van der Waals surface area (Å²) < 4.78 is 31.5. The number of rotatable bonds is 10. The summed E-state index contributed by atoms with van der Waals surface area (Å²) in [6.45, 7) is -1.06. The van der Waals surface area contributed by atoms with E-state index in [2.05, 4.69) is 0 Å². The molecule has 0 spiro atoms. The van der Waals surface area contributed by atoms with Gasteiger partial charge in [-0.1, -0.05) is 23.2 Å². The molecule has 0 atom stereocenters. The third-order valence-electron chi connectivity index (χ3n) is 3.56. The highest BCUT2D eigenvalue weighted by molar-refractivity contribution is 7.33. The minimum atomic E-state index is -2.69. The zero-order valence-corrected chi connectivity index (χ0v) is 17.3. The fourth-order valence-electron chi connectivity index (χ4n) is 2.11. The average Bonchev–Trinajstić information content (AvgIpc) is 2.69. The van der Waals surface area contributed by atoms with Crippen molar-refractivity contribution in [2.24, 2.45) is 0 Å². The zero-order valence-electron chi connectivity index (χ0n) is 14.9. The van der Waals surface area contributed by atoms with Gasteiger partial charge in [0.25, 0.3) is 0 Å². The number of ether oxygens (including phenoxy) is 2. The second-order valence-corrected chi connectivity index (χ2v) is 7.09. The molecular formula is C18H16Cl2O7P+. The van der Waals surface area contributed by atoms with Crippen LogP contribution in [0.3, 0.4) is 0 Å². The van der Waals surface area contributed by atoms with Crippen LogP contribution in [0, 0.1) is 0 Å². The molecule has 0 fully saturated rings. The zero-order chi connectivity index (χ0) is 20.7. The summed E-state index contributed by atoms with van der Waals surface area (Å²) in [6.07, 6.45) is 0. The summed E-state index contributed by atoms with van der Waals surface area (Å²) in [5, 5.41) is 0.349. The van der Waals surface area contributed by atoms with Gasteiger partial charge in [-0.25, -0.2) is 0 Å². The van der Waals surface area contributed by atoms with E-state index in [0.29, 0.717) is 11.5 Å². The van der Waals surface area contributed by atoms with Crippen LogP contribution in [0.2, 0.25) is 10.0 Å². The number of Topliss-reactive ketones (excluding diaryl/α,β-unsaturated/α-hetero) is 2. The Balaban J connectivity index is 1.85. The number of hydrogen-bond donors (Lipinski definition) is 0. The predicted octanol–water partition coefficient (Wildman–Crippen LogP) is 4.77. The highest BCUT2D eigenvalue weighted by Gasteiger charge is 2.26. The molecule has 2 aromatic carbocycles. The van der Waals surface area contributed by atoms with Crippen LogP contribution in [0.4, 0.5) is 0 Å². The van der Waals surface area contributed by atoms with Crippen LogP contribution in [0.1, 0.15) is 20.7 Å². The number of methoxy groups -OCH3 is 2. The van der Waals surface area contributed by atoms with E-state index in [9.17, 15) is 14.2 Å². The third-order valence-corrected chi connectivity index (χ3v) is 4.86. The van der Waals surface area contributed by atoms with Crippen molar-refractivity contribution in [3.63, 3.8) is 0 Å². The third kappa shape index (κ3) is 5.99. The molecule has 0 radical (unpaired) electrons. The first-order valence-electron chi connectivity index (χ1n) is 7.82. The van der Waals surface area contributed by atoms with E-state index in [0.717, 1.165) is 0 Å². The average molecular weight is 446 g/mol. The number of ketones is 2. The maximum Gasteiger partial charge on any atom is 0.698 e. The quantitative estimate of drug-likeness (QED) is 0.384. The Morgan fingerprint density at radius 1 is 0.821 bits per heavy atom. The van der Waals surface area contributed by atoms with Gasteiger partial charge in [-0.2, -0.15) is 0 Å². The van der Waals surface area contributed by atoms with Gasteiger partial charge in [-0.3, -0.25) is 9.59 Å². The Morgan fingerprint density at radius 3 is 1.54 bits per heavy atom. The summed E-state index contributed by atoms with van der Waals surface area (Å²) in [6, 6.07) is 9.01. The number of carbonyl (C=O) groups is 2. The van der Waals surface area contributed by atoms with E-state index in [1.54, 1.807) is 12.1 Å². The van der Waals surface area contributed by atoms with Gasteiger partial charge in [0.15, 0.2) is 24.8 Å². The van der Waals surface area contributed by atoms with Crippen molar-refractivity contribution in [2.75, 3.05) is 27.4 Å². The van der Waals surface area contributed by atoms with Crippen molar-refractivity contribution in [3.8, 4) is 11.5 Å². The van der Waals surface area contributed by atoms with Crippen LogP contribution in [0.5, 0.6) is 11.5 Å². The highest BCUT2D eigenvalue weighted by atomic mass is 35.5. The molecule has 7 nitrogen and oxygen atoms in total. The lowest BCUT2D eigenvalue weighted by molar-refractivity contribution is 0.0877. The van der Waals surface area contributed by atoms with Gasteiger partial charge in [-0.15, -0.1) is 9.05 Å². The first-order valence-corrected chi connectivity index (χ1v) is 9.67. The Morgan fingerprint density at radius 2 is 1.21 bits per heavy atom. The fourth-order valence-corrected chi connectivity index (χ4v) is 3.19. The van der Waals surface area contributed by atoms with Gasteiger partial charge in [0.2, 0.25) is 0 Å². The van der Waals surface area contributed by atoms with E-state index in [4.69, 9.17) is 41.7 Å². The number of halogens is 2. The predicted molar refractivity (Wildman–Crippen MR) is 104 cm³/mol. The molecule has 0 amide bonds. The smallest absolute Gasteiger partial charge is 0.497 e. The fraction of sp³-hybridized carbons (Fsp3) is 0.222. The maximum atomic E-state index is 12.1. The largest absolute Gasteiger partial charge is 0.698 e. The van der Waals surface area contributed by atoms with Crippen LogP contribution in [0.15, 0.2) is 36.4 Å². The minimum Gasteiger partial charge on any atom is -0.497 e. The van der Waals surface area contributed by atoms with E-state index < -0.39 is 33.0 Å². The lowest BCUT2D eigenvalue weighted by atomic mass is 10.1. The summed E-state index contributed by atoms with van der Waals surface area (Å²) in [5.41, 5.74) is 0.374. The second-order valence-electron chi connectivity index (χ2n) is 5.31. The van der Waals surface area contributed by atoms with E-state index >= 15 is 0 Å². The first kappa shape index (κ1) is 22.3. The van der Waals surface area contributed by atoms with Crippen LogP contribution in [-0.4, -0.2) is 39.0 Å². The summed E-state index contributed by atoms with van der Waals surface area (Å²) >= 11 is 12.0. The standard InChI is InChI=1S/C18H16Cl2O7P/c1-24-11-3-5-13(15(19)7-11)17(21)9-26-28(23)27-10-18(22)14-6-4-12(25-2)8-16(14)20/h3-8H,9-10H2,1-2H3/q+1. The molecule has 0 saturated carbocycles. The Labute approximate surface area is 172 Å². The Bertz CT molecular complexity index is 830. The lowest BCUT2D eigenvalue weighted by Gasteiger charge is -2.04. The van der Waals surface area contributed by atoms with E-state index in [1.807, 2.05) is 0 Å². The molecular weight excluding hydrogens is 430 g/mol. The molecule has 0 unspecified atom stereocenters. The van der Waals surface area contributed by atoms with Crippen LogP contribution >= 0.6 is 31.5 Å². The van der Waals surface area contributed by atoms with Crippen LogP contribution < -0.4 is 9.47 Å². The minimum absolute atomic E-state index is 0.174. The molecule has 28 heavy (non-hydrogen) atoms. The molecule has 0 aromatic heterocycles. The molecule has 2 aromatic rings. The number of hydrogen-bond acceptors (Lipinski definition) is 7. The monoisotopic (exact) mass is 445 g/mol. The molecule has 0 heterocycles. The van der Waals surface area contributed by atoms with E-state index in [-0.39, 0.29) is 21.2 Å². The highest BCUT2D eigenvalue weighted by Crippen LogP contribution is 2.28. The van der Waals surface area contributed by atoms with Gasteiger partial charge in [0, 0.05) is 15.7 Å². The van der Waals surface area contributed by atoms with Gasteiger partial charge in [-0.05, 0) is 36.4 Å². The molecule has 148 valence electrons. The van der Waals surface area contributed by atoms with Crippen molar-refractivity contribution < 1.29 is 32.7 Å². The molecule has 0 aliphatic carbocycles. The number of benzene rings is 2. The molecule has 0 bridgehead atoms. The summed E-state index contributed by atoms with van der Waals surface area (Å²) in [7, 11) is 0.250. The molecule has 0 N–H and O–H groups in total. The lowest BCUT2D eigenvalue weighted by Crippen LogP contribution is -2.10. The topological polar surface area (TPSA) is 88.1 Å². The molecule has 0 aliphatic rings. The van der Waals surface area contributed by atoms with Crippen molar-refractivity contribution in [1.82, 2.24) is 0 Å². The molecule has 0 aliphatic heterocycles. The van der Waals surface area contributed by atoms with Gasteiger partial charge in [0.1, 0.15) is 11.5 Å². The SMILES string of the molecule is COc1ccc(C(=O)CO[P+](=O)OCC(=O)c2ccc(OC)cc2Cl)c(Cl)c1. The summed E-state index contributed by atoms with van der Waals surface area (Å²) in [5.74, 6) is -0.00609. The molecule has 2 rings (SSSR count). The van der Waals surface area contributed by atoms with Crippen LogP contribution in [0.25, 0.3) is 0 Å². The Hall–Kier alpha value is -2.02. The number of carbonyl (C=O) groups excluding carboxylic acids is 2. The van der Waals surface area contributed by atoms with Crippen molar-refractivity contribution in [1.29, 1.82) is 0 Å². The summed E-state index contributed by atoms with van der Waals surface area (Å²) in [4.78, 5) is 24.2.